The summed E-state index contributed by atoms with van der Waals surface area (Å²) in [5, 5.41) is 1.10. The maximum absolute atomic E-state index is 13.2. The SMILES string of the molecule is COc1ccc(N(C(=O)c2ccc(F)cc2)C2C=CS(=O)(=O)C2)c(OC)c1. The van der Waals surface area contributed by atoms with E-state index in [0.29, 0.717) is 17.2 Å². The van der Waals surface area contributed by atoms with Crippen LogP contribution in [0, 0.1) is 5.82 Å². The molecule has 0 saturated carbocycles. The van der Waals surface area contributed by atoms with E-state index in [9.17, 15) is 17.6 Å². The average Bonchev–Trinajstić information content (AvgIpc) is 3.02. The highest BCUT2D eigenvalue weighted by molar-refractivity contribution is 7.94. The minimum atomic E-state index is -3.40. The van der Waals surface area contributed by atoms with Crippen molar-refractivity contribution < 1.29 is 27.1 Å². The van der Waals surface area contributed by atoms with Gasteiger partial charge in [0.05, 0.1) is 31.7 Å². The summed E-state index contributed by atoms with van der Waals surface area (Å²) in [4.78, 5) is 14.5. The minimum Gasteiger partial charge on any atom is -0.497 e. The fourth-order valence-corrected chi connectivity index (χ4v) is 4.14. The van der Waals surface area contributed by atoms with E-state index in [1.54, 1.807) is 18.2 Å². The number of nitrogens with zero attached hydrogens (tertiary/aromatic N) is 1. The molecule has 1 aliphatic rings. The quantitative estimate of drug-likeness (QED) is 0.784. The first-order chi connectivity index (χ1) is 12.8. The first-order valence-electron chi connectivity index (χ1n) is 8.07. The van der Waals surface area contributed by atoms with E-state index < -0.39 is 27.6 Å². The van der Waals surface area contributed by atoms with E-state index >= 15 is 0 Å². The molecule has 142 valence electrons. The van der Waals surface area contributed by atoms with Crippen LogP contribution in [0.4, 0.5) is 10.1 Å². The summed E-state index contributed by atoms with van der Waals surface area (Å²) in [5.41, 5.74) is 0.617. The Bertz CT molecular complexity index is 986. The molecule has 2 aromatic carbocycles. The molecule has 1 atom stereocenters. The molecule has 0 saturated heterocycles. The molecule has 0 aliphatic carbocycles. The monoisotopic (exact) mass is 391 g/mol. The lowest BCUT2D eigenvalue weighted by Gasteiger charge is -2.29. The summed E-state index contributed by atoms with van der Waals surface area (Å²) < 4.78 is 47.6. The van der Waals surface area contributed by atoms with Crippen molar-refractivity contribution in [1.29, 1.82) is 0 Å². The van der Waals surface area contributed by atoms with Crippen LogP contribution in [-0.2, 0) is 9.84 Å². The van der Waals surface area contributed by atoms with Crippen LogP contribution in [0.5, 0.6) is 11.5 Å². The van der Waals surface area contributed by atoms with Gasteiger partial charge in [-0.1, -0.05) is 0 Å². The van der Waals surface area contributed by atoms with E-state index in [1.165, 1.54) is 49.5 Å². The zero-order valence-corrected chi connectivity index (χ0v) is 15.6. The smallest absolute Gasteiger partial charge is 0.258 e. The summed E-state index contributed by atoms with van der Waals surface area (Å²) in [6, 6.07) is 9.23. The number of hydrogen-bond acceptors (Lipinski definition) is 5. The molecule has 1 heterocycles. The van der Waals surface area contributed by atoms with Gasteiger partial charge in [0.1, 0.15) is 17.3 Å². The van der Waals surface area contributed by atoms with Crippen molar-refractivity contribution in [2.45, 2.75) is 6.04 Å². The van der Waals surface area contributed by atoms with Crippen LogP contribution < -0.4 is 14.4 Å². The Kier molecular flexibility index (Phi) is 5.18. The van der Waals surface area contributed by atoms with Crippen molar-refractivity contribution in [1.82, 2.24) is 0 Å². The number of carbonyl (C=O) groups excluding carboxylic acids is 1. The summed E-state index contributed by atoms with van der Waals surface area (Å²) in [5.74, 6) is -0.301. The fourth-order valence-electron chi connectivity index (χ4n) is 2.87. The zero-order valence-electron chi connectivity index (χ0n) is 14.8. The number of amides is 1. The molecule has 0 aromatic heterocycles. The second kappa shape index (κ2) is 7.40. The highest BCUT2D eigenvalue weighted by atomic mass is 32.2. The van der Waals surface area contributed by atoms with Crippen LogP contribution in [0.15, 0.2) is 53.9 Å². The van der Waals surface area contributed by atoms with Gasteiger partial charge in [-0.25, -0.2) is 12.8 Å². The van der Waals surface area contributed by atoms with Gasteiger partial charge in [-0.3, -0.25) is 9.69 Å². The molecule has 0 bridgehead atoms. The van der Waals surface area contributed by atoms with Crippen LogP contribution >= 0.6 is 0 Å². The van der Waals surface area contributed by atoms with Crippen molar-refractivity contribution in [3.05, 3.63) is 65.3 Å². The lowest BCUT2D eigenvalue weighted by atomic mass is 10.1. The first-order valence-corrected chi connectivity index (χ1v) is 9.78. The van der Waals surface area contributed by atoms with Crippen LogP contribution in [0.25, 0.3) is 0 Å². The van der Waals surface area contributed by atoms with Crippen LogP contribution in [0.1, 0.15) is 10.4 Å². The highest BCUT2D eigenvalue weighted by Crippen LogP contribution is 2.35. The van der Waals surface area contributed by atoms with Crippen LogP contribution in [0.3, 0.4) is 0 Å². The molecule has 0 radical (unpaired) electrons. The maximum Gasteiger partial charge on any atom is 0.258 e. The molecule has 1 amide bonds. The molecule has 6 nitrogen and oxygen atoms in total. The molecular weight excluding hydrogens is 373 g/mol. The van der Waals surface area contributed by atoms with Gasteiger partial charge < -0.3 is 9.47 Å². The summed E-state index contributed by atoms with van der Waals surface area (Å²) >= 11 is 0. The Hall–Kier alpha value is -2.87. The van der Waals surface area contributed by atoms with Gasteiger partial charge in [0.2, 0.25) is 0 Å². The molecule has 3 rings (SSSR count). The molecule has 0 fully saturated rings. The van der Waals surface area contributed by atoms with E-state index in [2.05, 4.69) is 0 Å². The summed E-state index contributed by atoms with van der Waals surface area (Å²) in [6.45, 7) is 0. The van der Waals surface area contributed by atoms with Gasteiger partial charge in [-0.15, -0.1) is 0 Å². The van der Waals surface area contributed by atoms with E-state index in [1.807, 2.05) is 0 Å². The molecular formula is C19H18FNO5S. The fraction of sp³-hybridized carbons (Fsp3) is 0.211. The highest BCUT2D eigenvalue weighted by Gasteiger charge is 2.33. The van der Waals surface area contributed by atoms with E-state index in [0.717, 1.165) is 5.41 Å². The number of hydrogen-bond donors (Lipinski definition) is 0. The molecule has 8 heteroatoms. The van der Waals surface area contributed by atoms with Crippen LogP contribution in [0.2, 0.25) is 0 Å². The van der Waals surface area contributed by atoms with Gasteiger partial charge in [-0.2, -0.15) is 0 Å². The standard InChI is InChI=1S/C19H18FNO5S/c1-25-16-7-8-17(18(11-16)26-2)21(15-9-10-27(23,24)12-15)19(22)13-3-5-14(20)6-4-13/h3-11,15H,12H2,1-2H3. The van der Waals surface area contributed by atoms with Gasteiger partial charge >= 0.3 is 0 Å². The lowest BCUT2D eigenvalue weighted by molar-refractivity contribution is 0.0982. The Morgan fingerprint density at radius 3 is 2.37 bits per heavy atom. The number of ether oxygens (including phenoxy) is 2. The van der Waals surface area contributed by atoms with Crippen molar-refractivity contribution in [3.8, 4) is 11.5 Å². The number of methoxy groups -OCH3 is 2. The first kappa shape index (κ1) is 18.9. The van der Waals surface area contributed by atoms with E-state index in [4.69, 9.17) is 9.47 Å². The minimum absolute atomic E-state index is 0.229. The Morgan fingerprint density at radius 1 is 1.11 bits per heavy atom. The Balaban J connectivity index is 2.09. The predicted molar refractivity (Wildman–Crippen MR) is 99.5 cm³/mol. The number of sulfone groups is 1. The van der Waals surface area contributed by atoms with Gasteiger partial charge in [-0.05, 0) is 42.5 Å². The lowest BCUT2D eigenvalue weighted by Crippen LogP contribution is -2.41. The third-order valence-corrected chi connectivity index (χ3v) is 5.58. The Labute approximate surface area is 156 Å². The molecule has 27 heavy (non-hydrogen) atoms. The molecule has 0 spiro atoms. The van der Waals surface area contributed by atoms with E-state index in [-0.39, 0.29) is 11.3 Å². The Morgan fingerprint density at radius 2 is 1.81 bits per heavy atom. The average molecular weight is 391 g/mol. The largest absolute Gasteiger partial charge is 0.497 e. The molecule has 1 aliphatic heterocycles. The van der Waals surface area contributed by atoms with Crippen molar-refractivity contribution in [2.75, 3.05) is 24.9 Å². The van der Waals surface area contributed by atoms with Crippen molar-refractivity contribution in [3.63, 3.8) is 0 Å². The number of carbonyl (C=O) groups is 1. The second-order valence-corrected chi connectivity index (χ2v) is 7.88. The third-order valence-electron chi connectivity index (χ3n) is 4.20. The second-order valence-electron chi connectivity index (χ2n) is 5.95. The van der Waals surface area contributed by atoms with Gasteiger partial charge in [0.25, 0.3) is 5.91 Å². The van der Waals surface area contributed by atoms with Gasteiger partial charge in [0, 0.05) is 17.0 Å². The van der Waals surface area contributed by atoms with Gasteiger partial charge in [0.15, 0.2) is 9.84 Å². The van der Waals surface area contributed by atoms with Crippen molar-refractivity contribution in [2.24, 2.45) is 0 Å². The van der Waals surface area contributed by atoms with Crippen molar-refractivity contribution >= 4 is 21.4 Å². The summed E-state index contributed by atoms with van der Waals surface area (Å²) in [7, 11) is -0.457. The molecule has 2 aromatic rings. The maximum atomic E-state index is 13.2. The number of benzene rings is 2. The number of anilines is 1. The number of halogens is 1. The van der Waals surface area contributed by atoms with Crippen LogP contribution in [-0.4, -0.2) is 40.3 Å². The zero-order chi connectivity index (χ0) is 19.6. The topological polar surface area (TPSA) is 72.9 Å². The molecule has 0 N–H and O–H groups in total. The third kappa shape index (κ3) is 3.95. The number of rotatable bonds is 5. The molecule has 1 unspecified atom stereocenters. The predicted octanol–water partition coefficient (Wildman–Crippen LogP) is 2.80. The summed E-state index contributed by atoms with van der Waals surface area (Å²) in [6.07, 6.45) is 1.46. The normalized spacial score (nSPS) is 17.5.